The van der Waals surface area contributed by atoms with Crippen LogP contribution in [-0.4, -0.2) is 6.66 Å². The first-order chi connectivity index (χ1) is 8.20. The molecule has 0 N–H and O–H groups in total. The third-order valence-corrected chi connectivity index (χ3v) is 8.27. The Kier molecular flexibility index (Phi) is 3.48. The molecule has 2 atom stereocenters. The fourth-order valence-corrected chi connectivity index (χ4v) is 7.56. The van der Waals surface area contributed by atoms with Crippen molar-refractivity contribution in [3.8, 4) is 5.75 Å². The molecule has 0 bridgehead atoms. The van der Waals surface area contributed by atoms with Crippen LogP contribution in [-0.2, 0) is 0 Å². The van der Waals surface area contributed by atoms with Crippen LogP contribution >= 0.6 is 23.1 Å². The predicted molar refractivity (Wildman–Crippen MR) is 65.5 cm³/mol. The monoisotopic (exact) mass is 319 g/mol. The molecule has 0 amide bonds. The molecular weight excluding hydrogens is 311 g/mol. The summed E-state index contributed by atoms with van der Waals surface area (Å²) in [5.41, 5.74) is 0. The van der Waals surface area contributed by atoms with Gasteiger partial charge in [-0.05, 0) is 12.1 Å². The molecule has 0 aliphatic carbocycles. The summed E-state index contributed by atoms with van der Waals surface area (Å²) >= 11 is 0. The zero-order chi connectivity index (χ0) is 13.4. The van der Waals surface area contributed by atoms with Crippen LogP contribution in [0, 0.1) is 0 Å². The molecule has 1 heterocycles. The molecule has 1 aliphatic heterocycles. The van der Waals surface area contributed by atoms with Crippen LogP contribution in [0.4, 0.5) is 16.8 Å². The van der Waals surface area contributed by atoms with Gasteiger partial charge in [0.1, 0.15) is 5.75 Å². The van der Waals surface area contributed by atoms with Gasteiger partial charge in [-0.15, -0.1) is 21.6 Å². The summed E-state index contributed by atoms with van der Waals surface area (Å²) in [7, 11) is -14.2. The fourth-order valence-electron chi connectivity index (χ4n) is 1.24. The second kappa shape index (κ2) is 4.52. The van der Waals surface area contributed by atoms with Gasteiger partial charge in [-0.25, -0.2) is 0 Å². The second-order valence-corrected chi connectivity index (χ2v) is 9.22. The van der Waals surface area contributed by atoms with E-state index in [4.69, 9.17) is 4.52 Å². The number of nitrogens with zero attached hydrogens (tertiary/aromatic N) is 3. The van der Waals surface area contributed by atoms with Crippen molar-refractivity contribution in [2.75, 3.05) is 6.66 Å². The molecule has 11 heteroatoms. The first-order valence-corrected chi connectivity index (χ1v) is 9.63. The molecule has 1 aliphatic rings. The Hall–Kier alpha value is -0.570. The summed E-state index contributed by atoms with van der Waals surface area (Å²) in [6.45, 7) is 0.748. The van der Waals surface area contributed by atoms with E-state index in [2.05, 4.69) is 13.5 Å². The Labute approximate surface area is 101 Å². The van der Waals surface area contributed by atoms with Gasteiger partial charge in [-0.3, -0.25) is 0 Å². The third kappa shape index (κ3) is 3.47. The van der Waals surface area contributed by atoms with Gasteiger partial charge in [0, 0.05) is 6.66 Å². The van der Waals surface area contributed by atoms with Crippen molar-refractivity contribution >= 4 is 23.1 Å². The smallest absolute Gasteiger partial charge is 0.419 e. The van der Waals surface area contributed by atoms with Gasteiger partial charge in [-0.2, -0.15) is 8.71 Å². The maximum absolute atomic E-state index is 14.1. The molecule has 2 rings (SSSR count). The number of para-hydroxylation sites is 1. The highest BCUT2D eigenvalue weighted by atomic mass is 31.3. The average Bonchev–Trinajstić information content (AvgIpc) is 2.11. The van der Waals surface area contributed by atoms with Gasteiger partial charge in [0.05, 0.1) is 0 Å². The summed E-state index contributed by atoms with van der Waals surface area (Å²) < 4.78 is 66.7. The molecular formula is C7H8F4N3OP3. The fraction of sp³-hybridized carbons (Fsp3) is 0.143. The Morgan fingerprint density at radius 2 is 1.56 bits per heavy atom. The Morgan fingerprint density at radius 1 is 0.944 bits per heavy atom. The van der Waals surface area contributed by atoms with E-state index in [1.54, 1.807) is 6.07 Å². The SMILES string of the molecule is CP1(F)=NP(F)(Oc2ccccc2)=NP(F)(F)=N1. The predicted octanol–water partition coefficient (Wildman–Crippen LogP) is 6.51. The van der Waals surface area contributed by atoms with Gasteiger partial charge < -0.3 is 4.52 Å². The van der Waals surface area contributed by atoms with E-state index < -0.39 is 23.1 Å². The summed E-state index contributed by atoms with van der Waals surface area (Å²) in [5.74, 6) is -0.0252. The van der Waals surface area contributed by atoms with Gasteiger partial charge in [0.2, 0.25) is 0 Å². The number of halogens is 4. The molecule has 2 unspecified atom stereocenters. The van der Waals surface area contributed by atoms with Crippen LogP contribution in [0.2, 0.25) is 0 Å². The van der Waals surface area contributed by atoms with Crippen LogP contribution in [0.25, 0.3) is 0 Å². The minimum absolute atomic E-state index is 0.0252. The first-order valence-electron chi connectivity index (χ1n) is 4.62. The van der Waals surface area contributed by atoms with Crippen molar-refractivity contribution < 1.29 is 21.3 Å². The molecule has 0 aromatic heterocycles. The summed E-state index contributed by atoms with van der Waals surface area (Å²) in [6, 6.07) is 7.37. The molecule has 4 nitrogen and oxygen atoms in total. The van der Waals surface area contributed by atoms with Crippen LogP contribution in [0.15, 0.2) is 43.9 Å². The Morgan fingerprint density at radius 3 is 2.11 bits per heavy atom. The topological polar surface area (TPSA) is 46.3 Å². The normalized spacial score (nSPS) is 33.8. The van der Waals surface area contributed by atoms with Crippen LogP contribution in [0.1, 0.15) is 0 Å². The van der Waals surface area contributed by atoms with E-state index in [9.17, 15) is 16.8 Å². The van der Waals surface area contributed by atoms with Gasteiger partial charge in [0.25, 0.3) is 7.52 Å². The summed E-state index contributed by atoms with van der Waals surface area (Å²) in [4.78, 5) is 0. The van der Waals surface area contributed by atoms with Crippen LogP contribution in [0.5, 0.6) is 5.75 Å². The third-order valence-electron chi connectivity index (χ3n) is 1.73. The van der Waals surface area contributed by atoms with Crippen molar-refractivity contribution in [3.05, 3.63) is 30.3 Å². The lowest BCUT2D eigenvalue weighted by Gasteiger charge is -2.18. The van der Waals surface area contributed by atoms with Gasteiger partial charge in [-0.1, -0.05) is 18.2 Å². The number of hydrogen-bond donors (Lipinski definition) is 0. The largest absolute Gasteiger partial charge is 0.439 e. The molecule has 18 heavy (non-hydrogen) atoms. The van der Waals surface area contributed by atoms with Crippen molar-refractivity contribution in [1.29, 1.82) is 0 Å². The molecule has 0 fully saturated rings. The van der Waals surface area contributed by atoms with Crippen LogP contribution < -0.4 is 4.52 Å². The van der Waals surface area contributed by atoms with E-state index in [-0.39, 0.29) is 5.75 Å². The zero-order valence-electron chi connectivity index (χ0n) is 8.99. The summed E-state index contributed by atoms with van der Waals surface area (Å²) in [6.07, 6.45) is 0. The molecule has 1 aromatic rings. The molecule has 0 saturated heterocycles. The Bertz CT molecular complexity index is 613. The number of benzene rings is 1. The number of rotatable bonds is 2. The standard InChI is InChI=1S/C7H8F4N3OP3/c1-16(8)12-17(9,10)14-18(11,13-16)15-7-5-3-2-4-6-7/h2-6H,1H3. The Balaban J connectivity index is 2.47. The zero-order valence-corrected chi connectivity index (χ0v) is 11.7. The van der Waals surface area contributed by atoms with Crippen molar-refractivity contribution in [2.45, 2.75) is 0 Å². The highest BCUT2D eigenvalue weighted by Gasteiger charge is 2.38. The second-order valence-electron chi connectivity index (χ2n) is 3.41. The molecule has 0 radical (unpaired) electrons. The van der Waals surface area contributed by atoms with Crippen molar-refractivity contribution in [1.82, 2.24) is 0 Å². The number of hydrogen-bond acceptors (Lipinski definition) is 4. The van der Waals surface area contributed by atoms with Gasteiger partial charge in [0.15, 0.2) is 0 Å². The average molecular weight is 319 g/mol. The molecule has 1 aromatic carbocycles. The molecule has 0 saturated carbocycles. The summed E-state index contributed by atoms with van der Waals surface area (Å²) in [5, 5.41) is 0. The maximum atomic E-state index is 14.1. The maximum Gasteiger partial charge on any atom is 0.439 e. The minimum atomic E-state index is -5.34. The van der Waals surface area contributed by atoms with E-state index in [1.165, 1.54) is 24.3 Å². The van der Waals surface area contributed by atoms with Crippen molar-refractivity contribution in [2.24, 2.45) is 13.5 Å². The van der Waals surface area contributed by atoms with E-state index in [0.717, 1.165) is 6.66 Å². The lowest BCUT2D eigenvalue weighted by molar-refractivity contribution is 0.550. The lowest BCUT2D eigenvalue weighted by Crippen LogP contribution is -1.87. The lowest BCUT2D eigenvalue weighted by atomic mass is 10.3. The minimum Gasteiger partial charge on any atom is -0.419 e. The highest BCUT2D eigenvalue weighted by molar-refractivity contribution is 7.79. The first kappa shape index (κ1) is 13.9. The van der Waals surface area contributed by atoms with E-state index in [1.807, 2.05) is 0 Å². The van der Waals surface area contributed by atoms with Crippen LogP contribution in [0.3, 0.4) is 0 Å². The van der Waals surface area contributed by atoms with Gasteiger partial charge >= 0.3 is 15.6 Å². The van der Waals surface area contributed by atoms with Crippen molar-refractivity contribution in [3.63, 3.8) is 0 Å². The quantitative estimate of drug-likeness (QED) is 0.452. The molecule has 100 valence electrons. The molecule has 0 spiro atoms. The highest BCUT2D eigenvalue weighted by Crippen LogP contribution is 2.79. The van der Waals surface area contributed by atoms with E-state index >= 15 is 0 Å². The van der Waals surface area contributed by atoms with E-state index in [0.29, 0.717) is 0 Å².